The van der Waals surface area contributed by atoms with E-state index in [0.717, 1.165) is 11.3 Å². The molecule has 0 saturated carbocycles. The molecule has 3 heterocycles. The first-order chi connectivity index (χ1) is 19.3. The van der Waals surface area contributed by atoms with E-state index in [-0.39, 0.29) is 39.8 Å². The van der Waals surface area contributed by atoms with Crippen molar-refractivity contribution in [2.75, 3.05) is 16.6 Å². The van der Waals surface area contributed by atoms with Crippen LogP contribution in [-0.2, 0) is 16.6 Å². The molecule has 1 aliphatic heterocycles. The summed E-state index contributed by atoms with van der Waals surface area (Å²) in [6.07, 6.45) is 1.62. The van der Waals surface area contributed by atoms with Crippen molar-refractivity contribution in [3.63, 3.8) is 0 Å². The first kappa shape index (κ1) is 30.8. The molecule has 0 amide bonds. The van der Waals surface area contributed by atoms with Gasteiger partial charge in [0.05, 0.1) is 10.6 Å². The zero-order valence-corrected chi connectivity index (χ0v) is 26.5. The number of sulfonamides is 1. The maximum absolute atomic E-state index is 14.0. The molecule has 0 fully saturated rings. The van der Waals surface area contributed by atoms with Gasteiger partial charge < -0.3 is 20.2 Å². The number of hydrogen-bond donors (Lipinski definition) is 3. The summed E-state index contributed by atoms with van der Waals surface area (Å²) in [6.45, 7) is 12.2. The van der Waals surface area contributed by atoms with E-state index in [1.54, 1.807) is 19.1 Å². The standard InChI is InChI=1S/C28H36N6O4S3/c1-7-18(3)40-32-19-10-11-20-22(15-19)41(36,37)33-26(30-20)23-25(38-16-17(2)29)24(21-9-8-14-39-21)31-34(27(23)35)13-12-28(4,5)6/h8-11,14-15,18,29,32H,7,12-13,16H2,1-6H3,(H,30,33)/t18-/m0/s1. The average molecular weight is 617 g/mol. The van der Waals surface area contributed by atoms with Gasteiger partial charge in [0.1, 0.15) is 22.8 Å². The van der Waals surface area contributed by atoms with Crippen molar-refractivity contribution in [2.45, 2.75) is 71.1 Å². The summed E-state index contributed by atoms with van der Waals surface area (Å²) < 4.78 is 41.6. The van der Waals surface area contributed by atoms with Crippen molar-refractivity contribution in [2.24, 2.45) is 9.81 Å². The van der Waals surface area contributed by atoms with Crippen molar-refractivity contribution < 1.29 is 13.2 Å². The number of nitrogens with one attached hydrogen (secondary N) is 3. The minimum atomic E-state index is -4.17. The number of anilines is 2. The van der Waals surface area contributed by atoms with Gasteiger partial charge in [-0.05, 0) is 66.8 Å². The lowest BCUT2D eigenvalue weighted by atomic mass is 9.92. The molecule has 10 nitrogen and oxygen atoms in total. The highest BCUT2D eigenvalue weighted by Gasteiger charge is 2.32. The van der Waals surface area contributed by atoms with Gasteiger partial charge in [-0.1, -0.05) is 40.7 Å². The van der Waals surface area contributed by atoms with E-state index in [4.69, 9.17) is 10.1 Å². The molecule has 4 rings (SSSR count). The van der Waals surface area contributed by atoms with Gasteiger partial charge in [-0.2, -0.15) is 13.5 Å². The molecule has 0 radical (unpaired) electrons. The molecule has 41 heavy (non-hydrogen) atoms. The number of hydrogen-bond acceptors (Lipinski definition) is 10. The van der Waals surface area contributed by atoms with Crippen LogP contribution in [0.25, 0.3) is 10.6 Å². The Kier molecular flexibility index (Phi) is 9.29. The fourth-order valence-corrected chi connectivity index (χ4v) is 6.32. The van der Waals surface area contributed by atoms with E-state index in [2.05, 4.69) is 54.2 Å². The van der Waals surface area contributed by atoms with Gasteiger partial charge in [-0.15, -0.1) is 15.7 Å². The normalized spacial score (nSPS) is 14.9. The van der Waals surface area contributed by atoms with Crippen LogP contribution in [0.3, 0.4) is 0 Å². The van der Waals surface area contributed by atoms with Crippen molar-refractivity contribution in [3.8, 4) is 16.3 Å². The topological polar surface area (TPSA) is 139 Å². The van der Waals surface area contributed by atoms with Gasteiger partial charge in [0.25, 0.3) is 15.6 Å². The first-order valence-electron chi connectivity index (χ1n) is 13.3. The summed E-state index contributed by atoms with van der Waals surface area (Å²) in [4.78, 5) is 14.7. The third-order valence-electron chi connectivity index (χ3n) is 6.29. The number of fused-ring (bicyclic) bond motifs is 1. The Labute approximate surface area is 249 Å². The van der Waals surface area contributed by atoms with Crippen molar-refractivity contribution >= 4 is 56.2 Å². The maximum Gasteiger partial charge on any atom is 0.286 e. The summed E-state index contributed by atoms with van der Waals surface area (Å²) in [5, 5.41) is 17.9. The van der Waals surface area contributed by atoms with Gasteiger partial charge in [0.15, 0.2) is 11.6 Å². The Morgan fingerprint density at radius 3 is 2.68 bits per heavy atom. The van der Waals surface area contributed by atoms with E-state index >= 15 is 0 Å². The van der Waals surface area contributed by atoms with Crippen LogP contribution in [0.5, 0.6) is 5.75 Å². The molecule has 2 aromatic heterocycles. The Morgan fingerprint density at radius 1 is 1.29 bits per heavy atom. The molecule has 0 saturated heterocycles. The van der Waals surface area contributed by atoms with Crippen LogP contribution < -0.4 is 20.3 Å². The molecule has 1 aromatic carbocycles. The Morgan fingerprint density at radius 2 is 2.05 bits per heavy atom. The number of thiophene rings is 1. The quantitative estimate of drug-likeness (QED) is 0.170. The number of aryl methyl sites for hydroxylation is 1. The zero-order valence-electron chi connectivity index (χ0n) is 24.1. The van der Waals surface area contributed by atoms with E-state index in [9.17, 15) is 13.2 Å². The number of rotatable bonds is 11. The SMILES string of the molecule is CC[C@H](C)SNc1ccc2c(c1)S(=O)(=O)N=C(c1c(OCC(C)=N)c(-c3cccs3)nn(CCC(C)(C)C)c1=O)N2. The summed E-state index contributed by atoms with van der Waals surface area (Å²) in [7, 11) is -4.17. The molecule has 13 heteroatoms. The summed E-state index contributed by atoms with van der Waals surface area (Å²) >= 11 is 2.93. The van der Waals surface area contributed by atoms with Crippen LogP contribution in [-0.4, -0.2) is 41.6 Å². The number of ether oxygens (including phenoxy) is 1. The molecular weight excluding hydrogens is 581 g/mol. The molecule has 0 bridgehead atoms. The van der Waals surface area contributed by atoms with E-state index < -0.39 is 15.6 Å². The second-order valence-corrected chi connectivity index (χ2v) is 14.9. The largest absolute Gasteiger partial charge is 0.484 e. The predicted octanol–water partition coefficient (Wildman–Crippen LogP) is 6.25. The van der Waals surface area contributed by atoms with E-state index in [1.807, 2.05) is 17.5 Å². The summed E-state index contributed by atoms with van der Waals surface area (Å²) in [5.41, 5.74) is 0.924. The minimum absolute atomic E-state index is 0.00870. The molecule has 1 atom stereocenters. The van der Waals surface area contributed by atoms with Gasteiger partial charge in [-0.3, -0.25) is 4.79 Å². The van der Waals surface area contributed by atoms with Gasteiger partial charge in [0, 0.05) is 23.2 Å². The fraction of sp³-hybridized carbons (Fsp3) is 0.429. The number of benzene rings is 1. The lowest BCUT2D eigenvalue weighted by Gasteiger charge is -2.23. The average Bonchev–Trinajstić information content (AvgIpc) is 3.44. The van der Waals surface area contributed by atoms with Crippen LogP contribution in [0, 0.1) is 10.8 Å². The van der Waals surface area contributed by atoms with Crippen molar-refractivity contribution in [3.05, 3.63) is 51.6 Å². The van der Waals surface area contributed by atoms with Crippen LogP contribution in [0.15, 0.2) is 49.8 Å². The highest BCUT2D eigenvalue weighted by Crippen LogP contribution is 2.37. The lowest BCUT2D eigenvalue weighted by molar-refractivity contribution is 0.332. The molecule has 3 aromatic rings. The smallest absolute Gasteiger partial charge is 0.286 e. The second kappa shape index (κ2) is 12.4. The summed E-state index contributed by atoms with van der Waals surface area (Å²) in [5.74, 6) is -0.0521. The monoisotopic (exact) mass is 616 g/mol. The fourth-order valence-electron chi connectivity index (χ4n) is 3.84. The lowest BCUT2D eigenvalue weighted by Crippen LogP contribution is -2.35. The van der Waals surface area contributed by atoms with Crippen molar-refractivity contribution in [1.29, 1.82) is 5.41 Å². The van der Waals surface area contributed by atoms with E-state index in [0.29, 0.717) is 35.3 Å². The molecule has 1 aliphatic rings. The van der Waals surface area contributed by atoms with Crippen LogP contribution in [0.4, 0.5) is 11.4 Å². The van der Waals surface area contributed by atoms with E-state index in [1.165, 1.54) is 34.0 Å². The van der Waals surface area contributed by atoms with Gasteiger partial charge >= 0.3 is 0 Å². The third-order valence-corrected chi connectivity index (χ3v) is 9.57. The highest BCUT2D eigenvalue weighted by atomic mass is 32.2. The Bertz CT molecular complexity index is 1620. The predicted molar refractivity (Wildman–Crippen MR) is 170 cm³/mol. The van der Waals surface area contributed by atoms with Gasteiger partial charge in [-0.25, -0.2) is 4.68 Å². The second-order valence-electron chi connectivity index (χ2n) is 11.1. The molecular formula is C28H36N6O4S3. The number of aromatic nitrogens is 2. The number of amidine groups is 1. The first-order valence-corrected chi connectivity index (χ1v) is 16.5. The summed E-state index contributed by atoms with van der Waals surface area (Å²) in [6, 6.07) is 8.69. The maximum atomic E-state index is 14.0. The Balaban J connectivity index is 1.87. The number of nitrogens with zero attached hydrogens (tertiary/aromatic N) is 3. The molecule has 0 spiro atoms. The minimum Gasteiger partial charge on any atom is -0.484 e. The van der Waals surface area contributed by atoms with Crippen LogP contribution >= 0.6 is 23.3 Å². The van der Waals surface area contributed by atoms with Gasteiger partial charge in [0.2, 0.25) is 0 Å². The highest BCUT2D eigenvalue weighted by molar-refractivity contribution is 8.01. The molecule has 220 valence electrons. The Hall–Kier alpha value is -3.16. The molecule has 0 unspecified atom stereocenters. The third kappa shape index (κ3) is 7.38. The van der Waals surface area contributed by atoms with Crippen LogP contribution in [0.2, 0.25) is 0 Å². The van der Waals surface area contributed by atoms with Crippen molar-refractivity contribution in [1.82, 2.24) is 9.78 Å². The van der Waals surface area contributed by atoms with Crippen LogP contribution in [0.1, 0.15) is 59.9 Å². The zero-order chi connectivity index (χ0) is 29.9. The molecule has 0 aliphatic carbocycles. The molecule has 3 N–H and O–H groups in total.